The average molecular weight is 353 g/mol. The van der Waals surface area contributed by atoms with E-state index < -0.39 is 5.92 Å². The number of hydrogen-bond acceptors (Lipinski definition) is 4. The van der Waals surface area contributed by atoms with Gasteiger partial charge in [0.25, 0.3) is 0 Å². The largest absolute Gasteiger partial charge is 0.325 e. The van der Waals surface area contributed by atoms with E-state index in [0.29, 0.717) is 23.9 Å². The van der Waals surface area contributed by atoms with E-state index in [9.17, 15) is 9.18 Å². The summed E-state index contributed by atoms with van der Waals surface area (Å²) >= 11 is 0. The Morgan fingerprint density at radius 2 is 1.81 bits per heavy atom. The summed E-state index contributed by atoms with van der Waals surface area (Å²) in [5.41, 5.74) is 2.71. The average Bonchev–Trinajstić information content (AvgIpc) is 3.16. The maximum atomic E-state index is 13.1. The van der Waals surface area contributed by atoms with Crippen molar-refractivity contribution < 1.29 is 9.18 Å². The number of benzene rings is 2. The van der Waals surface area contributed by atoms with Crippen molar-refractivity contribution in [3.8, 4) is 0 Å². The normalized spacial score (nSPS) is 12.2. The molecule has 0 radical (unpaired) electrons. The van der Waals surface area contributed by atoms with E-state index >= 15 is 0 Å². The van der Waals surface area contributed by atoms with E-state index in [0.717, 1.165) is 5.56 Å². The zero-order valence-corrected chi connectivity index (χ0v) is 14.6. The molecule has 1 heterocycles. The first-order valence-corrected chi connectivity index (χ1v) is 8.41. The Morgan fingerprint density at radius 1 is 1.12 bits per heavy atom. The number of carbonyl (C=O) groups excluding carboxylic acids is 1. The third kappa shape index (κ3) is 4.30. The van der Waals surface area contributed by atoms with Crippen LogP contribution in [0.3, 0.4) is 0 Å². The third-order valence-electron chi connectivity index (χ3n) is 4.19. The molecule has 0 spiro atoms. The second-order valence-electron chi connectivity index (χ2n) is 6.42. The molecule has 0 saturated carbocycles. The first-order chi connectivity index (χ1) is 12.5. The van der Waals surface area contributed by atoms with Crippen LogP contribution in [0.2, 0.25) is 0 Å². The number of aromatic nitrogens is 4. The number of carbonyl (C=O) groups is 1. The molecule has 2 N–H and O–H groups in total. The van der Waals surface area contributed by atoms with Crippen LogP contribution in [0.1, 0.15) is 42.6 Å². The molecule has 1 aromatic heterocycles. The zero-order chi connectivity index (χ0) is 18.5. The van der Waals surface area contributed by atoms with Gasteiger partial charge in [-0.2, -0.15) is 5.21 Å². The lowest BCUT2D eigenvalue weighted by molar-refractivity contribution is -0.117. The molecule has 7 heteroatoms. The molecule has 26 heavy (non-hydrogen) atoms. The lowest BCUT2D eigenvalue weighted by Gasteiger charge is -2.14. The molecule has 134 valence electrons. The Morgan fingerprint density at radius 3 is 2.38 bits per heavy atom. The molecule has 3 rings (SSSR count). The maximum absolute atomic E-state index is 13.1. The van der Waals surface area contributed by atoms with Gasteiger partial charge in [0.05, 0.1) is 0 Å². The molecule has 2 aromatic carbocycles. The summed E-state index contributed by atoms with van der Waals surface area (Å²) in [6.45, 7) is 4.23. The summed E-state index contributed by atoms with van der Waals surface area (Å²) < 4.78 is 13.1. The minimum Gasteiger partial charge on any atom is -0.325 e. The van der Waals surface area contributed by atoms with E-state index in [-0.39, 0.29) is 11.7 Å². The van der Waals surface area contributed by atoms with Crippen molar-refractivity contribution in [2.75, 3.05) is 5.32 Å². The molecule has 0 fully saturated rings. The number of anilines is 1. The summed E-state index contributed by atoms with van der Waals surface area (Å²) in [6.07, 6.45) is 0.343. The fourth-order valence-electron chi connectivity index (χ4n) is 2.66. The Kier molecular flexibility index (Phi) is 5.36. The highest BCUT2D eigenvalue weighted by atomic mass is 19.1. The van der Waals surface area contributed by atoms with Crippen LogP contribution in [0.15, 0.2) is 48.5 Å². The van der Waals surface area contributed by atoms with Crippen LogP contribution in [0.5, 0.6) is 0 Å². The van der Waals surface area contributed by atoms with Crippen molar-refractivity contribution in [2.45, 2.75) is 32.1 Å². The summed E-state index contributed by atoms with van der Waals surface area (Å²) in [5.74, 6) is -0.479. The second-order valence-corrected chi connectivity index (χ2v) is 6.42. The smallest absolute Gasteiger partial charge is 0.235 e. The molecule has 1 atom stereocenters. The summed E-state index contributed by atoms with van der Waals surface area (Å²) in [6, 6.07) is 13.8. The molecule has 0 saturated heterocycles. The van der Waals surface area contributed by atoms with Gasteiger partial charge in [-0.1, -0.05) is 43.3 Å². The van der Waals surface area contributed by atoms with Crippen LogP contribution < -0.4 is 5.32 Å². The van der Waals surface area contributed by atoms with Gasteiger partial charge in [0, 0.05) is 5.69 Å². The van der Waals surface area contributed by atoms with Crippen LogP contribution in [0.4, 0.5) is 10.1 Å². The number of tetrazole rings is 1. The maximum Gasteiger partial charge on any atom is 0.235 e. The predicted molar refractivity (Wildman–Crippen MR) is 96.2 cm³/mol. The molecule has 6 nitrogen and oxygen atoms in total. The van der Waals surface area contributed by atoms with Crippen LogP contribution >= 0.6 is 0 Å². The van der Waals surface area contributed by atoms with Gasteiger partial charge in [0.2, 0.25) is 5.91 Å². The van der Waals surface area contributed by atoms with Gasteiger partial charge in [-0.25, -0.2) is 4.39 Å². The first-order valence-electron chi connectivity index (χ1n) is 8.41. The quantitative estimate of drug-likeness (QED) is 0.711. The lowest BCUT2D eigenvalue weighted by atomic mass is 9.97. The Labute approximate surface area is 150 Å². The number of amides is 1. The lowest BCUT2D eigenvalue weighted by Crippen LogP contribution is -2.24. The van der Waals surface area contributed by atoms with E-state index in [1.54, 1.807) is 12.1 Å². The summed E-state index contributed by atoms with van der Waals surface area (Å²) in [5, 5.41) is 16.7. The molecule has 1 amide bonds. The number of rotatable bonds is 6. The van der Waals surface area contributed by atoms with Gasteiger partial charge < -0.3 is 5.32 Å². The number of aromatic amines is 1. The minimum absolute atomic E-state index is 0.243. The Bertz CT molecular complexity index is 845. The number of halogens is 1. The fourth-order valence-corrected chi connectivity index (χ4v) is 2.66. The van der Waals surface area contributed by atoms with Gasteiger partial charge in [0.15, 0.2) is 5.82 Å². The molecule has 3 aromatic rings. The van der Waals surface area contributed by atoms with E-state index in [1.165, 1.54) is 17.7 Å². The number of H-pyrrole nitrogens is 1. The van der Waals surface area contributed by atoms with Crippen molar-refractivity contribution in [1.29, 1.82) is 0 Å². The van der Waals surface area contributed by atoms with Crippen molar-refractivity contribution in [1.82, 2.24) is 20.6 Å². The summed E-state index contributed by atoms with van der Waals surface area (Å²) in [4.78, 5) is 12.8. The van der Waals surface area contributed by atoms with Gasteiger partial charge in [0.1, 0.15) is 11.7 Å². The molecule has 0 aliphatic rings. The standard InChI is InChI=1S/C19H20FN5O/c1-12(2)14-5-9-16(10-6-14)21-19(26)17(18-22-24-25-23-18)11-13-3-7-15(20)8-4-13/h3-10,12,17H,11H2,1-2H3,(H,21,26)(H,22,23,24,25)/t17-/m1/s1. The highest BCUT2D eigenvalue weighted by Crippen LogP contribution is 2.22. The Hall–Kier alpha value is -3.09. The summed E-state index contributed by atoms with van der Waals surface area (Å²) in [7, 11) is 0. The SMILES string of the molecule is CC(C)c1ccc(NC(=O)[C@H](Cc2ccc(F)cc2)c2nn[nH]n2)cc1. The van der Waals surface area contributed by atoms with E-state index in [2.05, 4.69) is 39.8 Å². The number of nitrogens with zero attached hydrogens (tertiary/aromatic N) is 3. The van der Waals surface area contributed by atoms with E-state index in [1.807, 2.05) is 24.3 Å². The highest BCUT2D eigenvalue weighted by Gasteiger charge is 2.25. The Balaban J connectivity index is 1.77. The molecule has 0 aliphatic carbocycles. The van der Waals surface area contributed by atoms with Gasteiger partial charge >= 0.3 is 0 Å². The molecular weight excluding hydrogens is 333 g/mol. The first kappa shape index (κ1) is 17.7. The van der Waals surface area contributed by atoms with Gasteiger partial charge in [-0.05, 0) is 47.7 Å². The van der Waals surface area contributed by atoms with Crippen molar-refractivity contribution >= 4 is 11.6 Å². The minimum atomic E-state index is -0.635. The monoisotopic (exact) mass is 353 g/mol. The van der Waals surface area contributed by atoms with Crippen LogP contribution in [-0.4, -0.2) is 26.5 Å². The predicted octanol–water partition coefficient (Wildman–Crippen LogP) is 3.43. The van der Waals surface area contributed by atoms with E-state index in [4.69, 9.17) is 0 Å². The molecule has 0 aliphatic heterocycles. The highest BCUT2D eigenvalue weighted by molar-refractivity contribution is 5.95. The third-order valence-corrected chi connectivity index (χ3v) is 4.19. The van der Waals surface area contributed by atoms with Crippen molar-refractivity contribution in [3.63, 3.8) is 0 Å². The topological polar surface area (TPSA) is 83.6 Å². The molecule has 0 bridgehead atoms. The van der Waals surface area contributed by atoms with Crippen molar-refractivity contribution in [3.05, 3.63) is 71.3 Å². The van der Waals surface area contributed by atoms with Crippen LogP contribution in [0.25, 0.3) is 0 Å². The molecular formula is C19H20FN5O. The van der Waals surface area contributed by atoms with Gasteiger partial charge in [-0.3, -0.25) is 4.79 Å². The number of nitrogens with one attached hydrogen (secondary N) is 2. The second kappa shape index (κ2) is 7.86. The van der Waals surface area contributed by atoms with Gasteiger partial charge in [-0.15, -0.1) is 10.2 Å². The van der Waals surface area contributed by atoms with Crippen LogP contribution in [0, 0.1) is 5.82 Å². The molecule has 0 unspecified atom stereocenters. The number of hydrogen-bond donors (Lipinski definition) is 2. The zero-order valence-electron chi connectivity index (χ0n) is 14.6. The van der Waals surface area contributed by atoms with Crippen molar-refractivity contribution in [2.24, 2.45) is 0 Å². The fraction of sp³-hybridized carbons (Fsp3) is 0.263. The van der Waals surface area contributed by atoms with Crippen LogP contribution in [-0.2, 0) is 11.2 Å².